The van der Waals surface area contributed by atoms with Crippen LogP contribution in [0.15, 0.2) is 35.3 Å². The van der Waals surface area contributed by atoms with Crippen molar-refractivity contribution in [2.24, 2.45) is 4.99 Å². The third-order valence-corrected chi connectivity index (χ3v) is 3.49. The molecule has 0 aliphatic carbocycles. The minimum atomic E-state index is 0.00252. The van der Waals surface area contributed by atoms with Crippen molar-refractivity contribution in [3.8, 4) is 0 Å². The van der Waals surface area contributed by atoms with Crippen LogP contribution in [0, 0.1) is 0 Å². The van der Waals surface area contributed by atoms with Gasteiger partial charge >= 0.3 is 0 Å². The fourth-order valence-electron chi connectivity index (χ4n) is 2.01. The van der Waals surface area contributed by atoms with Crippen LogP contribution in [0.25, 0.3) is 0 Å². The third kappa shape index (κ3) is 8.86. The van der Waals surface area contributed by atoms with Crippen LogP contribution in [0.2, 0.25) is 0 Å². The Balaban J connectivity index is 2.45. The fraction of sp³-hybridized carbons (Fsp3) is 0.556. The van der Waals surface area contributed by atoms with Crippen molar-refractivity contribution in [1.29, 1.82) is 0 Å². The highest BCUT2D eigenvalue weighted by Gasteiger charge is 2.04. The van der Waals surface area contributed by atoms with Gasteiger partial charge in [0.15, 0.2) is 5.96 Å². The lowest BCUT2D eigenvalue weighted by Crippen LogP contribution is -2.40. The summed E-state index contributed by atoms with van der Waals surface area (Å²) in [5, 5.41) is 6.61. The molecule has 0 spiro atoms. The lowest BCUT2D eigenvalue weighted by molar-refractivity contribution is -0.127. The summed E-state index contributed by atoms with van der Waals surface area (Å²) in [4.78, 5) is 17.6. The number of hydrogen-bond acceptors (Lipinski definition) is 2. The molecule has 0 aliphatic heterocycles. The number of nitrogens with one attached hydrogen (secondary N) is 2. The number of hydrogen-bond donors (Lipinski definition) is 2. The summed E-state index contributed by atoms with van der Waals surface area (Å²) < 4.78 is 0. The maximum Gasteiger partial charge on any atom is 0.243 e. The molecule has 0 bridgehead atoms. The topological polar surface area (TPSA) is 56.7 Å². The Bertz CT molecular complexity index is 471. The predicted molar refractivity (Wildman–Crippen MR) is 96.7 cm³/mol. The lowest BCUT2D eigenvalue weighted by Gasteiger charge is -2.13. The minimum absolute atomic E-state index is 0.00252. The molecule has 0 heterocycles. The highest BCUT2D eigenvalue weighted by molar-refractivity contribution is 5.84. The Morgan fingerprint density at radius 2 is 1.78 bits per heavy atom. The zero-order valence-corrected chi connectivity index (χ0v) is 14.6. The largest absolute Gasteiger partial charge is 0.356 e. The maximum absolute atomic E-state index is 11.7. The first-order valence-electron chi connectivity index (χ1n) is 8.39. The van der Waals surface area contributed by atoms with Crippen molar-refractivity contribution in [2.75, 3.05) is 33.7 Å². The Kier molecular flexibility index (Phi) is 9.52. The van der Waals surface area contributed by atoms with Crippen molar-refractivity contribution >= 4 is 11.9 Å². The van der Waals surface area contributed by atoms with Crippen LogP contribution in [-0.4, -0.2) is 50.5 Å². The third-order valence-electron chi connectivity index (χ3n) is 3.49. The van der Waals surface area contributed by atoms with Gasteiger partial charge in [0, 0.05) is 27.2 Å². The number of benzene rings is 1. The summed E-state index contributed by atoms with van der Waals surface area (Å²) in [6.07, 6.45) is 4.42. The average Bonchev–Trinajstić information content (AvgIpc) is 2.56. The monoisotopic (exact) mass is 318 g/mol. The summed E-state index contributed by atoms with van der Waals surface area (Å²) in [6, 6.07) is 10.3. The van der Waals surface area contributed by atoms with Gasteiger partial charge in [-0.15, -0.1) is 0 Å². The van der Waals surface area contributed by atoms with E-state index in [9.17, 15) is 4.79 Å². The van der Waals surface area contributed by atoms with Gasteiger partial charge in [-0.3, -0.25) is 4.79 Å². The van der Waals surface area contributed by atoms with Gasteiger partial charge < -0.3 is 15.5 Å². The van der Waals surface area contributed by atoms with Gasteiger partial charge in [0.2, 0.25) is 5.91 Å². The van der Waals surface area contributed by atoms with Crippen LogP contribution < -0.4 is 10.6 Å². The highest BCUT2D eigenvalue weighted by Crippen LogP contribution is 1.98. The first-order valence-corrected chi connectivity index (χ1v) is 8.39. The predicted octanol–water partition coefficient (Wildman–Crippen LogP) is 2.04. The standard InChI is InChI=1S/C18H30N4O/c1-4-5-9-13-19-18(21-15-17(23)22(2)3)20-14-12-16-10-7-6-8-11-16/h6-8,10-11H,4-5,9,12-15H2,1-3H3,(H2,19,20,21). The quantitative estimate of drug-likeness (QED) is 0.416. The molecule has 23 heavy (non-hydrogen) atoms. The second-order valence-electron chi connectivity index (χ2n) is 5.75. The second kappa shape index (κ2) is 11.5. The number of unbranched alkanes of at least 4 members (excludes halogenated alkanes) is 2. The number of carbonyl (C=O) groups is 1. The Morgan fingerprint density at radius 1 is 1.09 bits per heavy atom. The molecule has 0 radical (unpaired) electrons. The molecule has 0 saturated carbocycles. The van der Waals surface area contributed by atoms with Crippen LogP contribution in [0.3, 0.4) is 0 Å². The Morgan fingerprint density at radius 3 is 2.43 bits per heavy atom. The summed E-state index contributed by atoms with van der Waals surface area (Å²) in [7, 11) is 3.49. The van der Waals surface area contributed by atoms with Gasteiger partial charge in [-0.25, -0.2) is 4.99 Å². The number of rotatable bonds is 9. The molecule has 5 nitrogen and oxygen atoms in total. The van der Waals surface area contributed by atoms with Crippen LogP contribution in [-0.2, 0) is 11.2 Å². The molecule has 1 rings (SSSR count). The number of guanidine groups is 1. The van der Waals surface area contributed by atoms with Gasteiger partial charge in [-0.2, -0.15) is 0 Å². The zero-order valence-electron chi connectivity index (χ0n) is 14.6. The van der Waals surface area contributed by atoms with Gasteiger partial charge in [-0.1, -0.05) is 50.1 Å². The lowest BCUT2D eigenvalue weighted by atomic mass is 10.1. The number of amides is 1. The number of aliphatic imine (C=N–C) groups is 1. The van der Waals surface area contributed by atoms with Crippen LogP contribution in [0.4, 0.5) is 0 Å². The summed E-state index contributed by atoms with van der Waals surface area (Å²) in [5.74, 6) is 0.718. The zero-order chi connectivity index (χ0) is 16.9. The normalized spacial score (nSPS) is 11.2. The average molecular weight is 318 g/mol. The highest BCUT2D eigenvalue weighted by atomic mass is 16.2. The van der Waals surface area contributed by atoms with E-state index in [-0.39, 0.29) is 12.5 Å². The molecular weight excluding hydrogens is 288 g/mol. The molecular formula is C18H30N4O. The smallest absolute Gasteiger partial charge is 0.243 e. The van der Waals surface area contributed by atoms with Crippen molar-refractivity contribution in [1.82, 2.24) is 15.5 Å². The molecule has 0 atom stereocenters. The van der Waals surface area contributed by atoms with E-state index in [0.29, 0.717) is 5.96 Å². The van der Waals surface area contributed by atoms with E-state index < -0.39 is 0 Å². The summed E-state index contributed by atoms with van der Waals surface area (Å²) >= 11 is 0. The molecule has 0 unspecified atom stereocenters. The van der Waals surface area contributed by atoms with Gasteiger partial charge in [0.1, 0.15) is 6.54 Å². The molecule has 0 saturated heterocycles. The second-order valence-corrected chi connectivity index (χ2v) is 5.75. The van der Waals surface area contributed by atoms with Crippen molar-refractivity contribution in [3.63, 3.8) is 0 Å². The van der Waals surface area contributed by atoms with E-state index in [2.05, 4.69) is 34.7 Å². The first-order chi connectivity index (χ1) is 11.1. The van der Waals surface area contributed by atoms with Gasteiger partial charge in [-0.05, 0) is 18.4 Å². The van der Waals surface area contributed by atoms with E-state index >= 15 is 0 Å². The maximum atomic E-state index is 11.7. The Hall–Kier alpha value is -2.04. The molecule has 1 amide bonds. The Labute approximate surface area is 140 Å². The van der Waals surface area contributed by atoms with E-state index in [0.717, 1.165) is 25.9 Å². The van der Waals surface area contributed by atoms with Crippen molar-refractivity contribution < 1.29 is 4.79 Å². The van der Waals surface area contributed by atoms with Crippen LogP contribution in [0.5, 0.6) is 0 Å². The van der Waals surface area contributed by atoms with E-state index in [1.807, 2.05) is 18.2 Å². The van der Waals surface area contributed by atoms with Crippen molar-refractivity contribution in [3.05, 3.63) is 35.9 Å². The van der Waals surface area contributed by atoms with E-state index in [4.69, 9.17) is 0 Å². The molecule has 0 aromatic heterocycles. The summed E-state index contributed by atoms with van der Waals surface area (Å²) in [6.45, 7) is 4.02. The number of nitrogens with zero attached hydrogens (tertiary/aromatic N) is 2. The van der Waals surface area contributed by atoms with Crippen molar-refractivity contribution in [2.45, 2.75) is 32.6 Å². The van der Waals surface area contributed by atoms with Crippen LogP contribution in [0.1, 0.15) is 31.7 Å². The number of likely N-dealkylation sites (N-methyl/N-ethyl adjacent to an activating group) is 1. The van der Waals surface area contributed by atoms with Gasteiger partial charge in [0.05, 0.1) is 0 Å². The van der Waals surface area contributed by atoms with Gasteiger partial charge in [0.25, 0.3) is 0 Å². The molecule has 1 aromatic rings. The SMILES string of the molecule is CCCCCNC(=NCC(=O)N(C)C)NCCc1ccccc1. The number of carbonyl (C=O) groups excluding carboxylic acids is 1. The van der Waals surface area contributed by atoms with E-state index in [1.54, 1.807) is 19.0 Å². The fourth-order valence-corrected chi connectivity index (χ4v) is 2.01. The molecule has 2 N–H and O–H groups in total. The molecule has 5 heteroatoms. The molecule has 0 fully saturated rings. The van der Waals surface area contributed by atoms with E-state index in [1.165, 1.54) is 18.4 Å². The first kappa shape index (κ1) is 19.0. The molecule has 128 valence electrons. The minimum Gasteiger partial charge on any atom is -0.356 e. The summed E-state index contributed by atoms with van der Waals surface area (Å²) in [5.41, 5.74) is 1.29. The molecule has 1 aromatic carbocycles. The van der Waals surface area contributed by atoms with Crippen LogP contribution >= 0.6 is 0 Å². The molecule has 0 aliphatic rings.